The van der Waals surface area contributed by atoms with E-state index in [9.17, 15) is 14.7 Å². The van der Waals surface area contributed by atoms with Crippen molar-refractivity contribution in [3.05, 3.63) is 12.2 Å². The van der Waals surface area contributed by atoms with Crippen LogP contribution in [0.15, 0.2) is 12.2 Å². The van der Waals surface area contributed by atoms with E-state index in [4.69, 9.17) is 4.74 Å². The van der Waals surface area contributed by atoms with Gasteiger partial charge in [-0.1, -0.05) is 59.6 Å². The molecule has 6 aliphatic carbocycles. The molecular formula is C46H75NO4. The number of ether oxygens (including phenoxy) is 1. The number of carbonyl (C=O) groups excluding carboxylic acids is 1. The second-order valence-electron chi connectivity index (χ2n) is 22.0. The molecule has 0 aromatic rings. The van der Waals surface area contributed by atoms with Crippen LogP contribution in [0.1, 0.15) is 165 Å². The van der Waals surface area contributed by atoms with Crippen LogP contribution >= 0.6 is 0 Å². The quantitative estimate of drug-likeness (QED) is 0.181. The van der Waals surface area contributed by atoms with Gasteiger partial charge in [0.1, 0.15) is 6.10 Å². The number of hydrogen-bond donors (Lipinski definition) is 1. The van der Waals surface area contributed by atoms with Crippen LogP contribution in [0, 0.1) is 73.9 Å². The van der Waals surface area contributed by atoms with Crippen molar-refractivity contribution < 1.29 is 19.4 Å². The van der Waals surface area contributed by atoms with Gasteiger partial charge in [0.2, 0.25) is 0 Å². The molecule has 10 atom stereocenters. The minimum Gasteiger partial charge on any atom is -0.481 e. The number of likely N-dealkylation sites (tertiary alicyclic amines) is 1. The van der Waals surface area contributed by atoms with Crippen LogP contribution < -0.4 is 0 Å². The molecule has 0 spiro atoms. The first-order valence-corrected chi connectivity index (χ1v) is 21.7. The number of aliphatic carboxylic acids is 1. The summed E-state index contributed by atoms with van der Waals surface area (Å²) >= 11 is 0. The first-order chi connectivity index (χ1) is 23.9. The van der Waals surface area contributed by atoms with Crippen molar-refractivity contribution >= 4 is 11.9 Å². The van der Waals surface area contributed by atoms with Crippen LogP contribution in [0.5, 0.6) is 0 Å². The van der Waals surface area contributed by atoms with Gasteiger partial charge in [0.05, 0.1) is 11.8 Å². The van der Waals surface area contributed by atoms with Crippen molar-refractivity contribution in [3.63, 3.8) is 0 Å². The van der Waals surface area contributed by atoms with E-state index in [2.05, 4.69) is 53.0 Å². The molecule has 7 fully saturated rings. The van der Waals surface area contributed by atoms with Crippen molar-refractivity contribution in [2.75, 3.05) is 19.6 Å². The lowest BCUT2D eigenvalue weighted by Crippen LogP contribution is -2.66. The maximum absolute atomic E-state index is 13.1. The predicted molar refractivity (Wildman–Crippen MR) is 206 cm³/mol. The summed E-state index contributed by atoms with van der Waals surface area (Å²) in [5.74, 6) is 4.18. The summed E-state index contributed by atoms with van der Waals surface area (Å²) in [4.78, 5) is 27.7. The van der Waals surface area contributed by atoms with Crippen molar-refractivity contribution in [2.24, 2.45) is 73.9 Å². The Morgan fingerprint density at radius 2 is 1.49 bits per heavy atom. The molecule has 0 bridgehead atoms. The highest BCUT2D eigenvalue weighted by atomic mass is 16.5. The maximum atomic E-state index is 13.1. The van der Waals surface area contributed by atoms with Crippen LogP contribution in [0.3, 0.4) is 0 Å². The number of hydrogen-bond acceptors (Lipinski definition) is 4. The average molecular weight is 706 g/mol. The molecule has 6 saturated carbocycles. The summed E-state index contributed by atoms with van der Waals surface area (Å²) in [6.07, 6.45) is 21.3. The van der Waals surface area contributed by atoms with E-state index in [1.165, 1.54) is 115 Å². The zero-order chi connectivity index (χ0) is 36.8. The highest BCUT2D eigenvalue weighted by molar-refractivity contribution is 5.81. The van der Waals surface area contributed by atoms with E-state index in [1.807, 2.05) is 0 Å². The van der Waals surface area contributed by atoms with E-state index >= 15 is 0 Å². The Bertz CT molecular complexity index is 1360. The molecule has 1 unspecified atom stereocenters. The Hall–Kier alpha value is -1.36. The van der Waals surface area contributed by atoms with Crippen LogP contribution in [0.4, 0.5) is 0 Å². The zero-order valence-corrected chi connectivity index (χ0v) is 34.1. The maximum Gasteiger partial charge on any atom is 0.309 e. The Balaban J connectivity index is 1.07. The van der Waals surface area contributed by atoms with Gasteiger partial charge in [0.15, 0.2) is 0 Å². The molecule has 5 nitrogen and oxygen atoms in total. The van der Waals surface area contributed by atoms with E-state index in [1.54, 1.807) is 13.8 Å². The Morgan fingerprint density at radius 1 is 0.804 bits per heavy atom. The molecule has 0 radical (unpaired) electrons. The summed E-state index contributed by atoms with van der Waals surface area (Å²) in [5, 5.41) is 9.63. The number of fused-ring (bicyclic) bond motifs is 7. The van der Waals surface area contributed by atoms with Crippen LogP contribution in [-0.2, 0) is 14.3 Å². The lowest BCUT2D eigenvalue weighted by Gasteiger charge is -2.73. The number of esters is 1. The number of rotatable bonds is 10. The van der Waals surface area contributed by atoms with Gasteiger partial charge in [-0.05, 0) is 193 Å². The summed E-state index contributed by atoms with van der Waals surface area (Å²) in [7, 11) is 0. The number of piperidine rings is 1. The highest BCUT2D eigenvalue weighted by Gasteiger charge is 2.71. The van der Waals surface area contributed by atoms with Gasteiger partial charge in [-0.3, -0.25) is 9.59 Å². The van der Waals surface area contributed by atoms with E-state index < -0.39 is 11.4 Å². The summed E-state index contributed by atoms with van der Waals surface area (Å²) in [6.45, 7) is 27.1. The molecule has 5 heteroatoms. The molecular weight excluding hydrogens is 631 g/mol. The van der Waals surface area contributed by atoms with Gasteiger partial charge in [-0.25, -0.2) is 0 Å². The lowest BCUT2D eigenvalue weighted by molar-refractivity contribution is -0.250. The number of carboxylic acids is 1. The molecule has 1 heterocycles. The summed E-state index contributed by atoms with van der Waals surface area (Å²) in [6, 6.07) is 0. The van der Waals surface area contributed by atoms with Gasteiger partial charge >= 0.3 is 11.9 Å². The minimum absolute atomic E-state index is 0.0794. The highest BCUT2D eigenvalue weighted by Crippen LogP contribution is 2.78. The molecule has 7 aliphatic rings. The van der Waals surface area contributed by atoms with Gasteiger partial charge in [-0.15, -0.1) is 0 Å². The first-order valence-electron chi connectivity index (χ1n) is 21.7. The zero-order valence-electron chi connectivity index (χ0n) is 34.1. The fourth-order valence-corrected chi connectivity index (χ4v) is 15.2. The fourth-order valence-electron chi connectivity index (χ4n) is 15.2. The molecule has 0 amide bonds. The largest absolute Gasteiger partial charge is 0.481 e. The van der Waals surface area contributed by atoms with Crippen molar-refractivity contribution in [1.29, 1.82) is 0 Å². The topological polar surface area (TPSA) is 66.8 Å². The van der Waals surface area contributed by atoms with Gasteiger partial charge in [0.25, 0.3) is 0 Å². The average Bonchev–Trinajstić information content (AvgIpc) is 3.78. The van der Waals surface area contributed by atoms with Crippen molar-refractivity contribution in [2.45, 2.75) is 171 Å². The van der Waals surface area contributed by atoms with E-state index in [0.29, 0.717) is 34.0 Å². The monoisotopic (exact) mass is 706 g/mol. The Morgan fingerprint density at radius 3 is 2.14 bits per heavy atom. The molecule has 7 rings (SSSR count). The van der Waals surface area contributed by atoms with Gasteiger partial charge in [0, 0.05) is 5.41 Å². The number of nitrogens with zero attached hydrogens (tertiary/aromatic N) is 1. The fraction of sp³-hybridized carbons (Fsp3) is 0.913. The normalized spacial score (nSPS) is 44.1. The minimum atomic E-state index is -1.11. The first kappa shape index (κ1) is 37.9. The molecule has 0 aromatic heterocycles. The number of allylic oxidation sites excluding steroid dienone is 1. The summed E-state index contributed by atoms with van der Waals surface area (Å²) in [5.41, 5.74) is 1.56. The predicted octanol–water partition coefficient (Wildman–Crippen LogP) is 11.0. The molecule has 1 saturated heterocycles. The molecule has 0 aromatic carbocycles. The molecule has 288 valence electrons. The third-order valence-corrected chi connectivity index (χ3v) is 18.6. The number of carbonyl (C=O) groups is 2. The van der Waals surface area contributed by atoms with Crippen LogP contribution in [-0.4, -0.2) is 47.7 Å². The van der Waals surface area contributed by atoms with Gasteiger partial charge < -0.3 is 14.7 Å². The molecule has 1 N–H and O–H groups in total. The smallest absolute Gasteiger partial charge is 0.309 e. The second-order valence-corrected chi connectivity index (χ2v) is 22.0. The van der Waals surface area contributed by atoms with E-state index in [0.717, 1.165) is 36.5 Å². The van der Waals surface area contributed by atoms with Gasteiger partial charge in [-0.2, -0.15) is 0 Å². The van der Waals surface area contributed by atoms with Crippen LogP contribution in [0.25, 0.3) is 0 Å². The van der Waals surface area contributed by atoms with Crippen LogP contribution in [0.2, 0.25) is 0 Å². The third kappa shape index (κ3) is 6.30. The third-order valence-electron chi connectivity index (χ3n) is 18.6. The lowest BCUT2D eigenvalue weighted by atomic mass is 9.32. The standard InChI is InChI=1S/C46H75NO4/c1-30(2)33-14-21-46(24-27-47-25-17-32(18-26-47)28-31-10-11-31)23-22-44(8)34(39(33)46)12-13-36-43(7)19-16-37(51-38(48)29-41(3,4)40(49)50)42(5,6)35(43)15-20-45(36,44)9/h31-37,39H,1,10-29H2,2-9H3,(H,49,50)/t33?,34-,35+,36-,37+,39-,43+,44-,45-,46-/m1/s1. The molecule has 51 heavy (non-hydrogen) atoms. The Labute approximate surface area is 311 Å². The summed E-state index contributed by atoms with van der Waals surface area (Å²) < 4.78 is 6.22. The Kier molecular flexibility index (Phi) is 9.78. The van der Waals surface area contributed by atoms with Crippen molar-refractivity contribution in [1.82, 2.24) is 4.90 Å². The van der Waals surface area contributed by atoms with Crippen molar-refractivity contribution in [3.8, 4) is 0 Å². The SMILES string of the molecule is C=C(C)C1CC[C@]2(CCN3CCC(CC4CC4)CC3)CC[C@]3(C)[C@H](CC[C@@H]4[C@@]5(C)CC[C@H](OC(=O)CC(C)(C)C(=O)O)C(C)(C)[C@@H]5CC[C@]43C)[C@@H]12. The van der Waals surface area contributed by atoms with E-state index in [-0.39, 0.29) is 29.3 Å². The molecule has 1 aliphatic heterocycles. The second kappa shape index (κ2) is 13.1. The number of carboxylic acid groups (broad SMARTS) is 1.